The number of carbonyl (C=O) groups excluding carboxylic acids is 2. The summed E-state index contributed by atoms with van der Waals surface area (Å²) in [6.07, 6.45) is 5.85. The molecular weight excluding hydrogens is 404 g/mol. The highest BCUT2D eigenvalue weighted by Crippen LogP contribution is 2.41. The maximum absolute atomic E-state index is 13.5. The van der Waals surface area contributed by atoms with Crippen LogP contribution < -0.4 is 0 Å². The van der Waals surface area contributed by atoms with E-state index in [4.69, 9.17) is 4.74 Å². The highest BCUT2D eigenvalue weighted by Gasteiger charge is 2.49. The zero-order valence-electron chi connectivity index (χ0n) is 17.4. The number of rotatable bonds is 4. The smallest absolute Gasteiger partial charge is 0.328 e. The normalized spacial score (nSPS) is 28.2. The fourth-order valence-corrected chi connectivity index (χ4v) is 6.91. The molecule has 8 heteroatoms. The molecule has 3 aliphatic rings. The summed E-state index contributed by atoms with van der Waals surface area (Å²) in [4.78, 5) is 27.9. The van der Waals surface area contributed by atoms with Gasteiger partial charge in [-0.05, 0) is 50.2 Å². The molecule has 1 aliphatic carbocycles. The first kappa shape index (κ1) is 21.3. The summed E-state index contributed by atoms with van der Waals surface area (Å²) in [7, 11) is -2.17. The van der Waals surface area contributed by atoms with E-state index in [-0.39, 0.29) is 28.7 Å². The van der Waals surface area contributed by atoms with Gasteiger partial charge in [0.1, 0.15) is 6.04 Å². The van der Waals surface area contributed by atoms with E-state index in [2.05, 4.69) is 0 Å². The number of nitrogens with zero attached hydrogens (tertiary/aromatic N) is 2. The Morgan fingerprint density at radius 1 is 1.00 bits per heavy atom. The molecule has 2 heterocycles. The molecule has 164 valence electrons. The van der Waals surface area contributed by atoms with Crippen molar-refractivity contribution in [2.75, 3.05) is 20.2 Å². The molecule has 1 amide bonds. The number of benzene rings is 1. The SMILES string of the molecule is COC(=O)[C@@H]1C[C@@H]2CCCC[C@H]2N1C(=O)C1CCN(S(=O)(=O)c2ccccc2)CC1. The standard InChI is InChI=1S/C22H30N2O5S/c1-29-22(26)20-15-17-7-5-6-10-19(17)24(20)21(25)16-11-13-23(14-12-16)30(27,28)18-8-3-2-4-9-18/h2-4,8-9,16-17,19-20H,5-7,10-15H2,1H3/t17-,19+,20-/m0/s1. The second kappa shape index (κ2) is 8.67. The van der Waals surface area contributed by atoms with Crippen molar-refractivity contribution in [2.24, 2.45) is 11.8 Å². The van der Waals surface area contributed by atoms with Crippen molar-refractivity contribution in [3.05, 3.63) is 30.3 Å². The second-order valence-electron chi connectivity index (χ2n) is 8.62. The van der Waals surface area contributed by atoms with E-state index >= 15 is 0 Å². The number of esters is 1. The van der Waals surface area contributed by atoms with Gasteiger partial charge >= 0.3 is 5.97 Å². The topological polar surface area (TPSA) is 84.0 Å². The number of sulfonamides is 1. The predicted octanol–water partition coefficient (Wildman–Crippen LogP) is 2.42. The lowest BCUT2D eigenvalue weighted by molar-refractivity contribution is -0.154. The Labute approximate surface area is 178 Å². The van der Waals surface area contributed by atoms with Crippen molar-refractivity contribution < 1.29 is 22.7 Å². The number of hydrogen-bond acceptors (Lipinski definition) is 5. The molecule has 4 rings (SSSR count). The molecule has 0 aromatic heterocycles. The van der Waals surface area contributed by atoms with Gasteiger partial charge in [-0.25, -0.2) is 13.2 Å². The second-order valence-corrected chi connectivity index (χ2v) is 10.6. The van der Waals surface area contributed by atoms with Gasteiger partial charge in [0.25, 0.3) is 0 Å². The Kier molecular flexibility index (Phi) is 6.16. The van der Waals surface area contributed by atoms with Gasteiger partial charge in [0, 0.05) is 25.0 Å². The van der Waals surface area contributed by atoms with E-state index in [1.54, 1.807) is 30.3 Å². The van der Waals surface area contributed by atoms with Gasteiger partial charge in [-0.3, -0.25) is 4.79 Å². The lowest BCUT2D eigenvalue weighted by Crippen LogP contribution is -2.51. The fourth-order valence-electron chi connectivity index (χ4n) is 5.42. The molecule has 0 radical (unpaired) electrons. The Balaban J connectivity index is 1.46. The molecule has 3 atom stereocenters. The van der Waals surface area contributed by atoms with E-state index in [0.29, 0.717) is 38.3 Å². The quantitative estimate of drug-likeness (QED) is 0.680. The lowest BCUT2D eigenvalue weighted by atomic mass is 9.84. The summed E-state index contributed by atoms with van der Waals surface area (Å²) in [6.45, 7) is 0.636. The van der Waals surface area contributed by atoms with Crippen LogP contribution in [0.15, 0.2) is 35.2 Å². The molecular formula is C22H30N2O5S. The van der Waals surface area contributed by atoms with Crippen molar-refractivity contribution in [1.29, 1.82) is 0 Å². The lowest BCUT2D eigenvalue weighted by Gasteiger charge is -2.38. The third-order valence-corrected chi connectivity index (χ3v) is 8.91. The third kappa shape index (κ3) is 3.87. The van der Waals surface area contributed by atoms with Crippen molar-refractivity contribution >= 4 is 21.9 Å². The summed E-state index contributed by atoms with van der Waals surface area (Å²) in [5.41, 5.74) is 0. The maximum atomic E-state index is 13.5. The average molecular weight is 435 g/mol. The van der Waals surface area contributed by atoms with Crippen LogP contribution in [0, 0.1) is 11.8 Å². The minimum atomic E-state index is -3.54. The molecule has 1 aromatic rings. The summed E-state index contributed by atoms with van der Waals surface area (Å²) >= 11 is 0. The number of hydrogen-bond donors (Lipinski definition) is 0. The zero-order valence-corrected chi connectivity index (χ0v) is 18.2. The summed E-state index contributed by atoms with van der Waals surface area (Å²) in [5.74, 6) is -0.219. The Morgan fingerprint density at radius 3 is 2.33 bits per heavy atom. The van der Waals surface area contributed by atoms with Crippen LogP contribution in [-0.2, 0) is 24.3 Å². The van der Waals surface area contributed by atoms with Gasteiger partial charge in [-0.1, -0.05) is 31.0 Å². The van der Waals surface area contributed by atoms with E-state index in [1.807, 2.05) is 4.90 Å². The van der Waals surface area contributed by atoms with Crippen LogP contribution in [0.1, 0.15) is 44.9 Å². The molecule has 0 unspecified atom stereocenters. The van der Waals surface area contributed by atoms with Crippen LogP contribution in [0.5, 0.6) is 0 Å². The highest BCUT2D eigenvalue weighted by molar-refractivity contribution is 7.89. The first-order valence-electron chi connectivity index (χ1n) is 10.9. The molecule has 1 saturated carbocycles. The minimum Gasteiger partial charge on any atom is -0.467 e. The number of methoxy groups -OCH3 is 1. The van der Waals surface area contributed by atoms with Crippen molar-refractivity contribution in [2.45, 2.75) is 61.9 Å². The summed E-state index contributed by atoms with van der Waals surface area (Å²) in [6, 6.07) is 8.02. The van der Waals surface area contributed by atoms with Crippen LogP contribution in [0.3, 0.4) is 0 Å². The summed E-state index contributed by atoms with van der Waals surface area (Å²) in [5, 5.41) is 0. The molecule has 0 N–H and O–H groups in total. The fraction of sp³-hybridized carbons (Fsp3) is 0.636. The molecule has 30 heavy (non-hydrogen) atoms. The van der Waals surface area contributed by atoms with E-state index in [1.165, 1.54) is 11.4 Å². The number of carbonyl (C=O) groups is 2. The molecule has 2 aliphatic heterocycles. The van der Waals surface area contributed by atoms with Crippen LogP contribution in [0.4, 0.5) is 0 Å². The van der Waals surface area contributed by atoms with Gasteiger partial charge in [0.15, 0.2) is 0 Å². The molecule has 0 bridgehead atoms. The van der Waals surface area contributed by atoms with E-state index in [0.717, 1.165) is 25.7 Å². The molecule has 0 spiro atoms. The average Bonchev–Trinajstić information content (AvgIpc) is 3.18. The first-order chi connectivity index (χ1) is 14.4. The van der Waals surface area contributed by atoms with Gasteiger partial charge in [-0.15, -0.1) is 0 Å². The van der Waals surface area contributed by atoms with Crippen molar-refractivity contribution in [3.63, 3.8) is 0 Å². The van der Waals surface area contributed by atoms with Gasteiger partial charge in [-0.2, -0.15) is 4.31 Å². The molecule has 7 nitrogen and oxygen atoms in total. The molecule has 2 saturated heterocycles. The summed E-state index contributed by atoms with van der Waals surface area (Å²) < 4.78 is 32.2. The molecule has 3 fully saturated rings. The van der Waals surface area contributed by atoms with Crippen LogP contribution in [0.2, 0.25) is 0 Å². The van der Waals surface area contributed by atoms with Gasteiger partial charge < -0.3 is 9.64 Å². The van der Waals surface area contributed by atoms with Crippen LogP contribution in [0.25, 0.3) is 0 Å². The van der Waals surface area contributed by atoms with Crippen molar-refractivity contribution in [1.82, 2.24) is 9.21 Å². The van der Waals surface area contributed by atoms with Crippen LogP contribution in [-0.4, -0.2) is 61.8 Å². The number of ether oxygens (including phenoxy) is 1. The van der Waals surface area contributed by atoms with Gasteiger partial charge in [0.2, 0.25) is 15.9 Å². The maximum Gasteiger partial charge on any atom is 0.328 e. The monoisotopic (exact) mass is 434 g/mol. The van der Waals surface area contributed by atoms with E-state index < -0.39 is 16.1 Å². The molecule has 1 aromatic carbocycles. The van der Waals surface area contributed by atoms with Gasteiger partial charge in [0.05, 0.1) is 12.0 Å². The number of likely N-dealkylation sites (tertiary alicyclic amines) is 1. The van der Waals surface area contributed by atoms with E-state index in [9.17, 15) is 18.0 Å². The zero-order chi connectivity index (χ0) is 21.3. The number of fused-ring (bicyclic) bond motifs is 1. The third-order valence-electron chi connectivity index (χ3n) is 7.00. The predicted molar refractivity (Wildman–Crippen MR) is 111 cm³/mol. The largest absolute Gasteiger partial charge is 0.467 e. The number of piperidine rings is 1. The Hall–Kier alpha value is -1.93. The highest BCUT2D eigenvalue weighted by atomic mass is 32.2. The number of amides is 1. The van der Waals surface area contributed by atoms with Crippen LogP contribution >= 0.6 is 0 Å². The van der Waals surface area contributed by atoms with Crippen molar-refractivity contribution in [3.8, 4) is 0 Å². The first-order valence-corrected chi connectivity index (χ1v) is 12.3. The Bertz CT molecular complexity index is 880. The Morgan fingerprint density at radius 2 is 1.67 bits per heavy atom. The minimum absolute atomic E-state index is 0.00319.